The molecule has 0 aliphatic carbocycles. The molecule has 0 amide bonds. The number of benzene rings is 3. The molecular formula is C26H16ClFN4O4S. The number of hydrogen-bond acceptors (Lipinski definition) is 6. The minimum atomic E-state index is -1.63. The Morgan fingerprint density at radius 3 is 2.68 bits per heavy atom. The van der Waals surface area contributed by atoms with Gasteiger partial charge in [-0.2, -0.15) is 5.26 Å². The number of halogens is 2. The number of methoxy groups -OCH3 is 1. The van der Waals surface area contributed by atoms with Gasteiger partial charge in [0.1, 0.15) is 17.8 Å². The molecule has 0 aliphatic heterocycles. The van der Waals surface area contributed by atoms with E-state index in [9.17, 15) is 18.7 Å². The Morgan fingerprint density at radius 2 is 1.97 bits per heavy atom. The fourth-order valence-electron chi connectivity index (χ4n) is 3.95. The second kappa shape index (κ2) is 9.89. The maximum Gasteiger partial charge on any atom is 0.255 e. The predicted octanol–water partition coefficient (Wildman–Crippen LogP) is 5.45. The van der Waals surface area contributed by atoms with Crippen molar-refractivity contribution in [3.63, 3.8) is 0 Å². The van der Waals surface area contributed by atoms with Gasteiger partial charge in [-0.1, -0.05) is 16.8 Å². The summed E-state index contributed by atoms with van der Waals surface area (Å²) >= 11 is 6.02. The molecule has 1 unspecified atom stereocenters. The molecule has 3 aromatic carbocycles. The van der Waals surface area contributed by atoms with E-state index in [1.807, 2.05) is 0 Å². The highest BCUT2D eigenvalue weighted by molar-refractivity contribution is 7.86. The number of rotatable bonds is 6. The quantitative estimate of drug-likeness (QED) is 0.310. The van der Waals surface area contributed by atoms with E-state index >= 15 is 0 Å². The molecule has 2 heterocycles. The molecule has 37 heavy (non-hydrogen) atoms. The lowest BCUT2D eigenvalue weighted by Crippen LogP contribution is -2.18. The molecule has 184 valence electrons. The average molecular weight is 535 g/mol. The number of aromatic nitrogens is 2. The third-order valence-corrected chi connectivity index (χ3v) is 6.86. The summed E-state index contributed by atoms with van der Waals surface area (Å²) in [6.07, 6.45) is 1.36. The molecule has 0 saturated carbocycles. The molecule has 0 fully saturated rings. The SMILES string of the molecule is COc1cc(-c2cc(F)cc(Cl)c2)c(C#N)cc1-n1c(=O)ccc2cc(S(=O)Nc3ccon3)ccc21. The summed E-state index contributed by atoms with van der Waals surface area (Å²) in [5.41, 5.74) is 1.42. The summed E-state index contributed by atoms with van der Waals surface area (Å²) in [5, 5.41) is 14.4. The van der Waals surface area contributed by atoms with Crippen LogP contribution in [0.2, 0.25) is 5.02 Å². The molecular weight excluding hydrogens is 519 g/mol. The Bertz CT molecular complexity index is 1760. The molecule has 2 aromatic heterocycles. The molecule has 11 heteroatoms. The first-order valence-electron chi connectivity index (χ1n) is 10.7. The van der Waals surface area contributed by atoms with Gasteiger partial charge < -0.3 is 9.26 Å². The topological polar surface area (TPSA) is 110 Å². The van der Waals surface area contributed by atoms with Crippen molar-refractivity contribution < 1.29 is 17.9 Å². The Balaban J connectivity index is 1.65. The Hall–Kier alpha value is -4.46. The molecule has 0 spiro atoms. The Labute approximate surface area is 217 Å². The number of anilines is 1. The molecule has 0 saturated heterocycles. The molecule has 0 radical (unpaired) electrons. The van der Waals surface area contributed by atoms with Crippen molar-refractivity contribution >= 4 is 39.3 Å². The summed E-state index contributed by atoms with van der Waals surface area (Å²) < 4.78 is 41.2. The normalized spacial score (nSPS) is 11.7. The Kier molecular flexibility index (Phi) is 6.48. The first-order chi connectivity index (χ1) is 17.9. The van der Waals surface area contributed by atoms with Crippen LogP contribution in [0.15, 0.2) is 87.2 Å². The number of nitriles is 1. The van der Waals surface area contributed by atoms with Crippen molar-refractivity contribution in [2.45, 2.75) is 4.90 Å². The van der Waals surface area contributed by atoms with Crippen LogP contribution in [0.5, 0.6) is 5.75 Å². The first kappa shape index (κ1) is 24.2. The lowest BCUT2D eigenvalue weighted by atomic mass is 9.98. The molecule has 1 atom stereocenters. The van der Waals surface area contributed by atoms with Crippen LogP contribution in [-0.4, -0.2) is 21.0 Å². The van der Waals surface area contributed by atoms with Gasteiger partial charge in [0.25, 0.3) is 5.56 Å². The molecule has 0 aliphatic rings. The van der Waals surface area contributed by atoms with Crippen LogP contribution in [0.4, 0.5) is 10.2 Å². The highest BCUT2D eigenvalue weighted by Gasteiger charge is 2.18. The number of ether oxygens (including phenoxy) is 1. The molecule has 5 rings (SSSR count). The van der Waals surface area contributed by atoms with Gasteiger partial charge >= 0.3 is 0 Å². The van der Waals surface area contributed by atoms with E-state index in [1.165, 1.54) is 48.3 Å². The second-order valence-corrected chi connectivity index (χ2v) is 9.47. The van der Waals surface area contributed by atoms with E-state index in [0.29, 0.717) is 38.4 Å². The van der Waals surface area contributed by atoms with E-state index in [-0.39, 0.29) is 21.9 Å². The van der Waals surface area contributed by atoms with Crippen molar-refractivity contribution in [1.82, 2.24) is 9.72 Å². The van der Waals surface area contributed by atoms with Gasteiger partial charge in [0.15, 0.2) is 16.8 Å². The van der Waals surface area contributed by atoms with Crippen molar-refractivity contribution in [2.24, 2.45) is 0 Å². The summed E-state index contributed by atoms with van der Waals surface area (Å²) in [6.45, 7) is 0. The van der Waals surface area contributed by atoms with Crippen LogP contribution >= 0.6 is 11.6 Å². The largest absolute Gasteiger partial charge is 0.495 e. The fraction of sp³-hybridized carbons (Fsp3) is 0.0385. The highest BCUT2D eigenvalue weighted by Crippen LogP contribution is 2.35. The zero-order valence-corrected chi connectivity index (χ0v) is 20.6. The number of nitrogens with one attached hydrogen (secondary N) is 1. The van der Waals surface area contributed by atoms with Gasteiger partial charge in [-0.15, -0.1) is 0 Å². The van der Waals surface area contributed by atoms with E-state index < -0.39 is 16.8 Å². The van der Waals surface area contributed by atoms with Crippen LogP contribution in [-0.2, 0) is 11.0 Å². The highest BCUT2D eigenvalue weighted by atomic mass is 35.5. The summed E-state index contributed by atoms with van der Waals surface area (Å²) in [4.78, 5) is 13.5. The maximum absolute atomic E-state index is 14.0. The number of nitrogens with zero attached hydrogens (tertiary/aromatic N) is 3. The third kappa shape index (κ3) is 4.70. The molecule has 8 nitrogen and oxygen atoms in total. The van der Waals surface area contributed by atoms with Gasteiger partial charge in [0, 0.05) is 28.1 Å². The minimum absolute atomic E-state index is 0.179. The number of hydrogen-bond donors (Lipinski definition) is 1. The lowest BCUT2D eigenvalue weighted by molar-refractivity contribution is 0.413. The first-order valence-corrected chi connectivity index (χ1v) is 12.2. The zero-order chi connectivity index (χ0) is 26.1. The maximum atomic E-state index is 14.0. The predicted molar refractivity (Wildman–Crippen MR) is 138 cm³/mol. The summed E-state index contributed by atoms with van der Waals surface area (Å²) in [7, 11) is -0.203. The molecule has 1 N–H and O–H groups in total. The minimum Gasteiger partial charge on any atom is -0.495 e. The number of fused-ring (bicyclic) bond motifs is 1. The van der Waals surface area contributed by atoms with Crippen LogP contribution < -0.4 is 15.0 Å². The van der Waals surface area contributed by atoms with Crippen molar-refractivity contribution in [3.05, 3.63) is 99.8 Å². The van der Waals surface area contributed by atoms with E-state index in [1.54, 1.807) is 36.4 Å². The lowest BCUT2D eigenvalue weighted by Gasteiger charge is -2.17. The monoisotopic (exact) mass is 534 g/mol. The summed E-state index contributed by atoms with van der Waals surface area (Å²) in [6, 6.07) is 18.6. The standard InChI is InChI=1S/C26H16ClFN4O4S/c1-35-24-13-21(16-8-18(27)12-19(28)9-16)17(14-29)11-23(24)32-22-4-3-20(10-15(22)2-5-26(32)33)37(34)31-25-6-7-36-30-25/h2-13H,1H3,(H,30,31). The second-order valence-electron chi connectivity index (χ2n) is 7.82. The van der Waals surface area contributed by atoms with E-state index in [4.69, 9.17) is 20.9 Å². The third-order valence-electron chi connectivity index (χ3n) is 5.57. The van der Waals surface area contributed by atoms with Crippen LogP contribution in [0.3, 0.4) is 0 Å². The number of pyridine rings is 1. The van der Waals surface area contributed by atoms with Crippen molar-refractivity contribution in [2.75, 3.05) is 11.8 Å². The van der Waals surface area contributed by atoms with Gasteiger partial charge in [-0.05, 0) is 60.2 Å². The fourth-order valence-corrected chi connectivity index (χ4v) is 5.01. The van der Waals surface area contributed by atoms with Crippen LogP contribution in [0.1, 0.15) is 5.56 Å². The van der Waals surface area contributed by atoms with Crippen molar-refractivity contribution in [3.8, 4) is 28.6 Å². The van der Waals surface area contributed by atoms with Crippen molar-refractivity contribution in [1.29, 1.82) is 5.26 Å². The van der Waals surface area contributed by atoms with Crippen LogP contribution in [0, 0.1) is 17.1 Å². The zero-order valence-electron chi connectivity index (χ0n) is 19.1. The van der Waals surface area contributed by atoms with E-state index in [2.05, 4.69) is 15.9 Å². The molecule has 0 bridgehead atoms. The van der Waals surface area contributed by atoms with Gasteiger partial charge in [-0.25, -0.2) is 8.60 Å². The van der Waals surface area contributed by atoms with Crippen LogP contribution in [0.25, 0.3) is 27.7 Å². The van der Waals surface area contributed by atoms with E-state index in [0.717, 1.165) is 0 Å². The molecule has 5 aromatic rings. The van der Waals surface area contributed by atoms with Gasteiger partial charge in [0.05, 0.1) is 34.8 Å². The van der Waals surface area contributed by atoms with Gasteiger partial charge in [-0.3, -0.25) is 14.1 Å². The Morgan fingerprint density at radius 1 is 1.14 bits per heavy atom. The smallest absolute Gasteiger partial charge is 0.255 e. The van der Waals surface area contributed by atoms with Gasteiger partial charge in [0.2, 0.25) is 0 Å². The average Bonchev–Trinajstić information content (AvgIpc) is 3.40. The summed E-state index contributed by atoms with van der Waals surface area (Å²) in [5.74, 6) is 0.0483.